The molecular weight excluding hydrogens is 278 g/mol. The first kappa shape index (κ1) is 12.6. The number of hydrogen-bond acceptors (Lipinski definition) is 7. The standard InChI is InChI=1S/C12H11N5O2S/c13-5-7-6-2-1-3-9(6)20-12(7)15-10(18)4-8-11(14)17-19-16-8/h1-4H2,(H2,14,17)(H,15,18). The van der Waals surface area contributed by atoms with Gasteiger partial charge < -0.3 is 11.1 Å². The third-order valence-electron chi connectivity index (χ3n) is 3.20. The number of hydrogen-bond donors (Lipinski definition) is 2. The molecule has 0 saturated heterocycles. The first-order chi connectivity index (χ1) is 9.69. The number of thiophene rings is 1. The highest BCUT2D eigenvalue weighted by Gasteiger charge is 2.23. The zero-order valence-electron chi connectivity index (χ0n) is 10.5. The van der Waals surface area contributed by atoms with Gasteiger partial charge in [0, 0.05) is 4.88 Å². The van der Waals surface area contributed by atoms with Crippen molar-refractivity contribution >= 4 is 28.1 Å². The van der Waals surface area contributed by atoms with Crippen LogP contribution in [0.4, 0.5) is 10.8 Å². The number of nitrogens with one attached hydrogen (secondary N) is 1. The minimum Gasteiger partial charge on any atom is -0.379 e. The topological polar surface area (TPSA) is 118 Å². The number of rotatable bonds is 3. The third-order valence-corrected chi connectivity index (χ3v) is 4.41. The Morgan fingerprint density at radius 2 is 2.35 bits per heavy atom. The zero-order chi connectivity index (χ0) is 14.1. The molecule has 0 spiro atoms. The maximum atomic E-state index is 11.9. The summed E-state index contributed by atoms with van der Waals surface area (Å²) in [6, 6.07) is 2.18. The van der Waals surface area contributed by atoms with E-state index in [0.29, 0.717) is 16.3 Å². The largest absolute Gasteiger partial charge is 0.379 e. The number of nitrogens with zero attached hydrogens (tertiary/aromatic N) is 3. The summed E-state index contributed by atoms with van der Waals surface area (Å²) in [4.78, 5) is 13.1. The lowest BCUT2D eigenvalue weighted by atomic mass is 10.1. The first-order valence-electron chi connectivity index (χ1n) is 6.10. The van der Waals surface area contributed by atoms with Gasteiger partial charge in [0.05, 0.1) is 12.0 Å². The van der Waals surface area contributed by atoms with Crippen LogP contribution in [0.5, 0.6) is 0 Å². The van der Waals surface area contributed by atoms with Crippen LogP contribution in [0.1, 0.15) is 28.1 Å². The van der Waals surface area contributed by atoms with Crippen molar-refractivity contribution in [2.24, 2.45) is 0 Å². The second-order valence-corrected chi connectivity index (χ2v) is 5.60. The van der Waals surface area contributed by atoms with Crippen LogP contribution in [-0.2, 0) is 24.1 Å². The van der Waals surface area contributed by atoms with E-state index in [1.807, 2.05) is 0 Å². The van der Waals surface area contributed by atoms with Gasteiger partial charge in [-0.15, -0.1) is 11.3 Å². The van der Waals surface area contributed by atoms with Crippen molar-refractivity contribution in [2.45, 2.75) is 25.7 Å². The van der Waals surface area contributed by atoms with Gasteiger partial charge in [-0.1, -0.05) is 5.16 Å². The van der Waals surface area contributed by atoms with E-state index in [-0.39, 0.29) is 18.1 Å². The highest BCUT2D eigenvalue weighted by atomic mass is 32.1. The average Bonchev–Trinajstić information content (AvgIpc) is 3.07. The van der Waals surface area contributed by atoms with Gasteiger partial charge >= 0.3 is 0 Å². The van der Waals surface area contributed by atoms with Gasteiger partial charge in [0.25, 0.3) is 0 Å². The van der Waals surface area contributed by atoms with Crippen molar-refractivity contribution in [1.29, 1.82) is 5.26 Å². The molecule has 1 aliphatic carbocycles. The number of nitrogen functional groups attached to an aromatic ring is 1. The molecular formula is C12H11N5O2S. The Hall–Kier alpha value is -2.40. The van der Waals surface area contributed by atoms with Crippen LogP contribution in [0.25, 0.3) is 0 Å². The molecule has 0 saturated carbocycles. The molecule has 0 aromatic carbocycles. The molecule has 0 bridgehead atoms. The molecule has 0 atom stereocenters. The summed E-state index contributed by atoms with van der Waals surface area (Å²) in [5.41, 5.74) is 7.46. The molecule has 0 aliphatic heterocycles. The number of nitrogens with two attached hydrogens (primary N) is 1. The van der Waals surface area contributed by atoms with Crippen molar-refractivity contribution < 1.29 is 9.42 Å². The lowest BCUT2D eigenvalue weighted by Gasteiger charge is -2.02. The molecule has 0 unspecified atom stereocenters. The van der Waals surface area contributed by atoms with Crippen LogP contribution < -0.4 is 11.1 Å². The second-order valence-electron chi connectivity index (χ2n) is 4.49. The minimum atomic E-state index is -0.288. The monoisotopic (exact) mass is 289 g/mol. The van der Waals surface area contributed by atoms with E-state index in [1.54, 1.807) is 0 Å². The van der Waals surface area contributed by atoms with Gasteiger partial charge in [-0.3, -0.25) is 4.79 Å². The van der Waals surface area contributed by atoms with E-state index in [9.17, 15) is 10.1 Å². The highest BCUT2D eigenvalue weighted by Crippen LogP contribution is 2.38. The minimum absolute atomic E-state index is 0.0250. The molecule has 7 nitrogen and oxygen atoms in total. The summed E-state index contributed by atoms with van der Waals surface area (Å²) in [6.07, 6.45) is 2.93. The van der Waals surface area contributed by atoms with Gasteiger partial charge in [-0.05, 0) is 30.0 Å². The van der Waals surface area contributed by atoms with Gasteiger partial charge in [-0.25, -0.2) is 4.63 Å². The maximum absolute atomic E-state index is 11.9. The molecule has 8 heteroatoms. The quantitative estimate of drug-likeness (QED) is 0.878. The molecule has 1 amide bonds. The third kappa shape index (κ3) is 2.12. The van der Waals surface area contributed by atoms with Crippen LogP contribution in [0, 0.1) is 11.3 Å². The van der Waals surface area contributed by atoms with Crippen molar-refractivity contribution in [3.8, 4) is 6.07 Å². The Balaban J connectivity index is 1.77. The average molecular weight is 289 g/mol. The first-order valence-corrected chi connectivity index (χ1v) is 6.92. The molecule has 102 valence electrons. The highest BCUT2D eigenvalue weighted by molar-refractivity contribution is 7.16. The van der Waals surface area contributed by atoms with E-state index in [0.717, 1.165) is 24.8 Å². The molecule has 2 heterocycles. The fourth-order valence-corrected chi connectivity index (χ4v) is 3.53. The molecule has 2 aromatic rings. The summed E-state index contributed by atoms with van der Waals surface area (Å²) in [5, 5.41) is 19.6. The van der Waals surface area contributed by atoms with E-state index in [4.69, 9.17) is 5.73 Å². The molecule has 3 N–H and O–H groups in total. The SMILES string of the molecule is N#Cc1c(NC(=O)Cc2nonc2N)sc2c1CCC2. The Kier molecular flexibility index (Phi) is 3.12. The van der Waals surface area contributed by atoms with Crippen LogP contribution in [0.3, 0.4) is 0 Å². The summed E-state index contributed by atoms with van der Waals surface area (Å²) >= 11 is 1.47. The smallest absolute Gasteiger partial charge is 0.231 e. The normalized spacial score (nSPS) is 12.9. The fourth-order valence-electron chi connectivity index (χ4n) is 2.27. The predicted molar refractivity (Wildman–Crippen MR) is 72.1 cm³/mol. The van der Waals surface area contributed by atoms with E-state index in [1.165, 1.54) is 16.2 Å². The van der Waals surface area contributed by atoms with Gasteiger partial charge in [-0.2, -0.15) is 5.26 Å². The number of aryl methyl sites for hydroxylation is 1. The van der Waals surface area contributed by atoms with E-state index < -0.39 is 0 Å². The van der Waals surface area contributed by atoms with Crippen LogP contribution >= 0.6 is 11.3 Å². The van der Waals surface area contributed by atoms with Crippen molar-refractivity contribution in [3.63, 3.8) is 0 Å². The molecule has 0 fully saturated rings. The number of aromatic nitrogens is 2. The second kappa shape index (κ2) is 4.94. The molecule has 3 rings (SSSR count). The Morgan fingerprint density at radius 3 is 3.05 bits per heavy atom. The van der Waals surface area contributed by atoms with Crippen molar-refractivity contribution in [2.75, 3.05) is 11.1 Å². The van der Waals surface area contributed by atoms with Crippen molar-refractivity contribution in [1.82, 2.24) is 10.3 Å². The van der Waals surface area contributed by atoms with Crippen LogP contribution in [-0.4, -0.2) is 16.2 Å². The molecule has 0 radical (unpaired) electrons. The van der Waals surface area contributed by atoms with E-state index >= 15 is 0 Å². The Labute approximate surface area is 118 Å². The fraction of sp³-hybridized carbons (Fsp3) is 0.333. The number of carbonyl (C=O) groups is 1. The van der Waals surface area contributed by atoms with Gasteiger partial charge in [0.15, 0.2) is 5.82 Å². The number of nitriles is 1. The zero-order valence-corrected chi connectivity index (χ0v) is 11.3. The Bertz CT molecular complexity index is 712. The van der Waals surface area contributed by atoms with Gasteiger partial charge in [0.1, 0.15) is 16.8 Å². The van der Waals surface area contributed by atoms with E-state index in [2.05, 4.69) is 26.3 Å². The lowest BCUT2D eigenvalue weighted by molar-refractivity contribution is -0.115. The summed E-state index contributed by atoms with van der Waals surface area (Å²) in [7, 11) is 0. The van der Waals surface area contributed by atoms with Crippen molar-refractivity contribution in [3.05, 3.63) is 21.7 Å². The number of carbonyl (C=O) groups excluding carboxylic acids is 1. The molecule has 1 aliphatic rings. The predicted octanol–water partition coefficient (Wildman–Crippen LogP) is 1.25. The molecule has 2 aromatic heterocycles. The number of anilines is 2. The van der Waals surface area contributed by atoms with Crippen LogP contribution in [0.15, 0.2) is 4.63 Å². The lowest BCUT2D eigenvalue weighted by Crippen LogP contribution is -2.15. The summed E-state index contributed by atoms with van der Waals surface area (Å²) in [6.45, 7) is 0. The number of amides is 1. The summed E-state index contributed by atoms with van der Waals surface area (Å²) < 4.78 is 4.44. The van der Waals surface area contributed by atoms with Gasteiger partial charge in [0.2, 0.25) is 5.91 Å². The summed E-state index contributed by atoms with van der Waals surface area (Å²) in [5.74, 6) is -0.182. The Morgan fingerprint density at radius 1 is 1.50 bits per heavy atom. The van der Waals surface area contributed by atoms with Crippen LogP contribution in [0.2, 0.25) is 0 Å². The number of fused-ring (bicyclic) bond motifs is 1. The molecule has 20 heavy (non-hydrogen) atoms. The maximum Gasteiger partial charge on any atom is 0.231 e.